The lowest BCUT2D eigenvalue weighted by Gasteiger charge is -2.14. The van der Waals surface area contributed by atoms with Crippen molar-refractivity contribution >= 4 is 30.7 Å². The lowest BCUT2D eigenvalue weighted by atomic mass is 10.1. The first-order valence-electron chi connectivity index (χ1n) is 5.04. The molecule has 0 aliphatic carbocycles. The molecule has 98 valence electrons. The Morgan fingerprint density at radius 2 is 2.06 bits per heavy atom. The standard InChI is InChI=1S/C11H17N3O.2ClH/c1-8(2)10(12)11(15)14-7-9-5-3-4-6-13-9;;/h3-6,8,10H,7,12H2,1-2H3,(H,14,15);2*1H. The molecule has 6 heteroatoms. The van der Waals surface area contributed by atoms with Gasteiger partial charge in [-0.25, -0.2) is 0 Å². The molecule has 1 atom stereocenters. The molecule has 1 heterocycles. The number of amides is 1. The lowest BCUT2D eigenvalue weighted by Crippen LogP contribution is -2.43. The Morgan fingerprint density at radius 1 is 1.41 bits per heavy atom. The van der Waals surface area contributed by atoms with E-state index in [2.05, 4.69) is 10.3 Å². The third-order valence-electron chi connectivity index (χ3n) is 2.19. The predicted octanol–water partition coefficient (Wildman–Crippen LogP) is 1.52. The normalized spacial score (nSPS) is 11.1. The molecule has 1 aromatic rings. The highest BCUT2D eigenvalue weighted by Crippen LogP contribution is 1.99. The highest BCUT2D eigenvalue weighted by molar-refractivity contribution is 5.85. The van der Waals surface area contributed by atoms with E-state index in [-0.39, 0.29) is 36.6 Å². The van der Waals surface area contributed by atoms with Crippen LogP contribution in [0.25, 0.3) is 0 Å². The van der Waals surface area contributed by atoms with Gasteiger partial charge >= 0.3 is 0 Å². The van der Waals surface area contributed by atoms with Gasteiger partial charge in [-0.1, -0.05) is 19.9 Å². The van der Waals surface area contributed by atoms with Crippen molar-refractivity contribution in [1.82, 2.24) is 10.3 Å². The van der Waals surface area contributed by atoms with E-state index in [0.717, 1.165) is 5.69 Å². The fourth-order valence-electron chi connectivity index (χ4n) is 1.10. The van der Waals surface area contributed by atoms with Crippen molar-refractivity contribution in [3.05, 3.63) is 30.1 Å². The molecule has 0 aromatic carbocycles. The van der Waals surface area contributed by atoms with Gasteiger partial charge in [0, 0.05) is 6.20 Å². The van der Waals surface area contributed by atoms with Crippen molar-refractivity contribution in [2.75, 3.05) is 0 Å². The van der Waals surface area contributed by atoms with E-state index >= 15 is 0 Å². The number of halogens is 2. The van der Waals surface area contributed by atoms with Gasteiger partial charge in [0.05, 0.1) is 18.3 Å². The molecule has 0 bridgehead atoms. The van der Waals surface area contributed by atoms with Gasteiger partial charge < -0.3 is 11.1 Å². The Balaban J connectivity index is 0. The predicted molar refractivity (Wildman–Crippen MR) is 73.4 cm³/mol. The second-order valence-corrected chi connectivity index (χ2v) is 3.81. The number of hydrogen-bond donors (Lipinski definition) is 2. The third kappa shape index (κ3) is 6.46. The number of carbonyl (C=O) groups excluding carboxylic acids is 1. The van der Waals surface area contributed by atoms with Crippen LogP contribution in [0.1, 0.15) is 19.5 Å². The zero-order valence-corrected chi connectivity index (χ0v) is 11.6. The van der Waals surface area contributed by atoms with Gasteiger partial charge in [0.15, 0.2) is 0 Å². The van der Waals surface area contributed by atoms with Gasteiger partial charge in [0.1, 0.15) is 0 Å². The van der Waals surface area contributed by atoms with E-state index in [1.54, 1.807) is 6.20 Å². The lowest BCUT2D eigenvalue weighted by molar-refractivity contribution is -0.123. The summed E-state index contributed by atoms with van der Waals surface area (Å²) in [7, 11) is 0. The van der Waals surface area contributed by atoms with Crippen LogP contribution in [0.15, 0.2) is 24.4 Å². The number of pyridine rings is 1. The number of rotatable bonds is 4. The molecule has 0 saturated carbocycles. The summed E-state index contributed by atoms with van der Waals surface area (Å²) in [6.07, 6.45) is 1.70. The van der Waals surface area contributed by atoms with Gasteiger partial charge in [-0.3, -0.25) is 9.78 Å². The zero-order valence-electron chi connectivity index (χ0n) is 9.92. The maximum Gasteiger partial charge on any atom is 0.237 e. The Morgan fingerprint density at radius 3 is 2.53 bits per heavy atom. The van der Waals surface area contributed by atoms with Crippen molar-refractivity contribution in [3.63, 3.8) is 0 Å². The summed E-state index contributed by atoms with van der Waals surface area (Å²) in [4.78, 5) is 15.6. The molecule has 1 amide bonds. The minimum Gasteiger partial charge on any atom is -0.349 e. The van der Waals surface area contributed by atoms with Gasteiger partial charge in [-0.2, -0.15) is 0 Å². The Hall–Kier alpha value is -0.840. The average Bonchev–Trinajstić information content (AvgIpc) is 2.26. The van der Waals surface area contributed by atoms with Crippen LogP contribution in [0.5, 0.6) is 0 Å². The van der Waals surface area contributed by atoms with Crippen LogP contribution >= 0.6 is 24.8 Å². The molecular formula is C11H19Cl2N3O. The van der Waals surface area contributed by atoms with E-state index in [1.807, 2.05) is 32.0 Å². The summed E-state index contributed by atoms with van der Waals surface area (Å²) in [5, 5.41) is 2.75. The SMILES string of the molecule is CC(C)C(N)C(=O)NCc1ccccn1.Cl.Cl. The molecule has 0 saturated heterocycles. The summed E-state index contributed by atoms with van der Waals surface area (Å²) >= 11 is 0. The Kier molecular flexibility index (Phi) is 10.0. The first-order valence-corrected chi connectivity index (χ1v) is 5.04. The summed E-state index contributed by atoms with van der Waals surface area (Å²) in [6, 6.07) is 5.14. The fraction of sp³-hybridized carbons (Fsp3) is 0.455. The minimum atomic E-state index is -0.450. The van der Waals surface area contributed by atoms with E-state index < -0.39 is 6.04 Å². The van der Waals surface area contributed by atoms with Gasteiger partial charge in [-0.15, -0.1) is 24.8 Å². The molecule has 4 nitrogen and oxygen atoms in total. The van der Waals surface area contributed by atoms with Crippen LogP contribution in [0, 0.1) is 5.92 Å². The molecule has 3 N–H and O–H groups in total. The number of aromatic nitrogens is 1. The maximum atomic E-state index is 11.5. The average molecular weight is 280 g/mol. The van der Waals surface area contributed by atoms with Crippen molar-refractivity contribution < 1.29 is 4.79 Å². The number of nitrogens with two attached hydrogens (primary N) is 1. The van der Waals surface area contributed by atoms with Crippen LogP contribution < -0.4 is 11.1 Å². The topological polar surface area (TPSA) is 68.0 Å². The van der Waals surface area contributed by atoms with Gasteiger partial charge in [-0.05, 0) is 18.1 Å². The number of carbonyl (C=O) groups is 1. The van der Waals surface area contributed by atoms with Crippen molar-refractivity contribution in [3.8, 4) is 0 Å². The van der Waals surface area contributed by atoms with Crippen molar-refractivity contribution in [1.29, 1.82) is 0 Å². The van der Waals surface area contributed by atoms with E-state index in [4.69, 9.17) is 5.73 Å². The summed E-state index contributed by atoms with van der Waals surface area (Å²) in [5.41, 5.74) is 6.53. The molecule has 0 radical (unpaired) electrons. The molecule has 1 aromatic heterocycles. The maximum absolute atomic E-state index is 11.5. The highest BCUT2D eigenvalue weighted by atomic mass is 35.5. The molecule has 0 aliphatic heterocycles. The zero-order chi connectivity index (χ0) is 11.3. The molecule has 0 fully saturated rings. The van der Waals surface area contributed by atoms with Crippen molar-refractivity contribution in [2.45, 2.75) is 26.4 Å². The number of nitrogens with zero attached hydrogens (tertiary/aromatic N) is 1. The van der Waals surface area contributed by atoms with E-state index in [0.29, 0.717) is 6.54 Å². The first kappa shape index (κ1) is 18.5. The minimum absolute atomic E-state index is 0. The van der Waals surface area contributed by atoms with Crippen LogP contribution in [0.4, 0.5) is 0 Å². The third-order valence-corrected chi connectivity index (χ3v) is 2.19. The van der Waals surface area contributed by atoms with Crippen LogP contribution in [-0.2, 0) is 11.3 Å². The quantitative estimate of drug-likeness (QED) is 0.878. The number of nitrogens with one attached hydrogen (secondary N) is 1. The largest absolute Gasteiger partial charge is 0.349 e. The summed E-state index contributed by atoms with van der Waals surface area (Å²) in [6.45, 7) is 4.27. The second kappa shape index (κ2) is 9.22. The molecule has 0 spiro atoms. The van der Waals surface area contributed by atoms with E-state index in [1.165, 1.54) is 0 Å². The van der Waals surface area contributed by atoms with Crippen LogP contribution in [-0.4, -0.2) is 16.9 Å². The molecular weight excluding hydrogens is 261 g/mol. The summed E-state index contributed by atoms with van der Waals surface area (Å²) < 4.78 is 0. The molecule has 1 unspecified atom stereocenters. The highest BCUT2D eigenvalue weighted by Gasteiger charge is 2.16. The van der Waals surface area contributed by atoms with E-state index in [9.17, 15) is 4.79 Å². The molecule has 17 heavy (non-hydrogen) atoms. The van der Waals surface area contributed by atoms with Gasteiger partial charge in [0.2, 0.25) is 5.91 Å². The Bertz CT molecular complexity index is 320. The second-order valence-electron chi connectivity index (χ2n) is 3.81. The molecule has 0 aliphatic rings. The first-order chi connectivity index (χ1) is 7.11. The van der Waals surface area contributed by atoms with Crippen molar-refractivity contribution in [2.24, 2.45) is 11.7 Å². The summed E-state index contributed by atoms with van der Waals surface area (Å²) in [5.74, 6) is 0.0179. The number of hydrogen-bond acceptors (Lipinski definition) is 3. The fourth-order valence-corrected chi connectivity index (χ4v) is 1.10. The van der Waals surface area contributed by atoms with Crippen LogP contribution in [0.3, 0.4) is 0 Å². The Labute approximate surface area is 114 Å². The molecule has 1 rings (SSSR count). The van der Waals surface area contributed by atoms with Crippen LogP contribution in [0.2, 0.25) is 0 Å². The smallest absolute Gasteiger partial charge is 0.237 e. The van der Waals surface area contributed by atoms with Gasteiger partial charge in [0.25, 0.3) is 0 Å². The monoisotopic (exact) mass is 279 g/mol.